The van der Waals surface area contributed by atoms with Crippen LogP contribution >= 0.6 is 23.2 Å². The van der Waals surface area contributed by atoms with Crippen molar-refractivity contribution in [2.24, 2.45) is 0 Å². The van der Waals surface area contributed by atoms with Crippen molar-refractivity contribution in [1.29, 1.82) is 0 Å². The van der Waals surface area contributed by atoms with Gasteiger partial charge in [0.2, 0.25) is 5.91 Å². The first-order valence-corrected chi connectivity index (χ1v) is 8.75. The predicted octanol–water partition coefficient (Wildman–Crippen LogP) is 5.73. The zero-order valence-corrected chi connectivity index (χ0v) is 14.9. The van der Waals surface area contributed by atoms with Crippen LogP contribution in [0.25, 0.3) is 21.8 Å². The van der Waals surface area contributed by atoms with Gasteiger partial charge < -0.3 is 16.0 Å². The van der Waals surface area contributed by atoms with E-state index in [2.05, 4.69) is 17.2 Å². The lowest BCUT2D eigenvalue weighted by Gasteiger charge is -2.07. The number of fused-ring (bicyclic) bond motifs is 3. The summed E-state index contributed by atoms with van der Waals surface area (Å²) in [7, 11) is 0. The highest BCUT2D eigenvalue weighted by Crippen LogP contribution is 2.37. The molecule has 24 heavy (non-hydrogen) atoms. The van der Waals surface area contributed by atoms with Crippen molar-refractivity contribution in [3.8, 4) is 0 Å². The maximum absolute atomic E-state index is 12.2. The van der Waals surface area contributed by atoms with Crippen molar-refractivity contribution in [3.63, 3.8) is 0 Å². The van der Waals surface area contributed by atoms with E-state index in [1.54, 1.807) is 12.1 Å². The summed E-state index contributed by atoms with van der Waals surface area (Å²) in [5.41, 5.74) is 8.86. The van der Waals surface area contributed by atoms with Gasteiger partial charge in [0.15, 0.2) is 0 Å². The minimum atomic E-state index is -0.0170. The number of carbonyl (C=O) groups excluding carboxylic acids is 1. The van der Waals surface area contributed by atoms with Crippen LogP contribution < -0.4 is 11.1 Å². The molecule has 0 saturated carbocycles. The van der Waals surface area contributed by atoms with E-state index in [0.29, 0.717) is 27.8 Å². The second-order valence-corrected chi connectivity index (χ2v) is 6.80. The number of halogens is 2. The van der Waals surface area contributed by atoms with E-state index in [4.69, 9.17) is 28.9 Å². The number of benzene rings is 2. The van der Waals surface area contributed by atoms with Crippen LogP contribution in [0.4, 0.5) is 11.4 Å². The molecule has 4 N–H and O–H groups in total. The SMILES string of the molecule is CCCCCC(=O)Nc1cc(Cl)cc2c1[nH]c1c(N)cc(Cl)cc12. The highest BCUT2D eigenvalue weighted by atomic mass is 35.5. The summed E-state index contributed by atoms with van der Waals surface area (Å²) in [6.45, 7) is 2.11. The topological polar surface area (TPSA) is 70.9 Å². The van der Waals surface area contributed by atoms with Crippen molar-refractivity contribution in [2.45, 2.75) is 32.6 Å². The Morgan fingerprint density at radius 1 is 1.08 bits per heavy atom. The largest absolute Gasteiger partial charge is 0.397 e. The molecule has 6 heteroatoms. The number of nitrogens with one attached hydrogen (secondary N) is 2. The van der Waals surface area contributed by atoms with E-state index in [9.17, 15) is 4.79 Å². The molecule has 0 fully saturated rings. The van der Waals surface area contributed by atoms with Crippen LogP contribution in [0, 0.1) is 0 Å². The number of hydrogen-bond acceptors (Lipinski definition) is 2. The van der Waals surface area contributed by atoms with Crippen molar-refractivity contribution in [1.82, 2.24) is 4.98 Å². The molecule has 2 aromatic carbocycles. The minimum Gasteiger partial charge on any atom is -0.397 e. The van der Waals surface area contributed by atoms with Gasteiger partial charge in [0, 0.05) is 27.2 Å². The van der Waals surface area contributed by atoms with Crippen LogP contribution in [0.3, 0.4) is 0 Å². The Morgan fingerprint density at radius 3 is 2.46 bits per heavy atom. The summed E-state index contributed by atoms with van der Waals surface area (Å²) in [6, 6.07) is 7.13. The number of hydrogen-bond donors (Lipinski definition) is 3. The minimum absolute atomic E-state index is 0.0170. The summed E-state index contributed by atoms with van der Waals surface area (Å²) in [5.74, 6) is -0.0170. The van der Waals surface area contributed by atoms with Crippen LogP contribution in [-0.4, -0.2) is 10.9 Å². The lowest BCUT2D eigenvalue weighted by molar-refractivity contribution is -0.116. The van der Waals surface area contributed by atoms with Crippen LogP contribution in [0.15, 0.2) is 24.3 Å². The summed E-state index contributed by atoms with van der Waals surface area (Å²) in [5, 5.41) is 5.83. The number of nitrogen functional groups attached to an aromatic ring is 1. The summed E-state index contributed by atoms with van der Waals surface area (Å²) in [4.78, 5) is 15.4. The molecule has 0 unspecified atom stereocenters. The Hall–Kier alpha value is -1.91. The van der Waals surface area contributed by atoms with E-state index in [1.807, 2.05) is 12.1 Å². The molecule has 4 nitrogen and oxygen atoms in total. The van der Waals surface area contributed by atoms with Crippen LogP contribution in [0.1, 0.15) is 32.6 Å². The fourth-order valence-electron chi connectivity index (χ4n) is 2.91. The van der Waals surface area contributed by atoms with E-state index in [0.717, 1.165) is 41.1 Å². The molecule has 0 saturated heterocycles. The van der Waals surface area contributed by atoms with Crippen LogP contribution in [0.2, 0.25) is 10.0 Å². The zero-order chi connectivity index (χ0) is 17.3. The third-order valence-corrected chi connectivity index (χ3v) is 4.49. The maximum atomic E-state index is 12.2. The average Bonchev–Trinajstić information content (AvgIpc) is 2.87. The van der Waals surface area contributed by atoms with Crippen LogP contribution in [0.5, 0.6) is 0 Å². The number of H-pyrrole nitrogens is 1. The average molecular weight is 364 g/mol. The molecule has 0 atom stereocenters. The Balaban J connectivity index is 2.05. The molecule has 1 heterocycles. The molecular weight excluding hydrogens is 345 g/mol. The standard InChI is InChI=1S/C18H19Cl2N3O/c1-2-3-4-5-16(24)22-15-9-11(20)7-13-12-6-10(19)8-14(21)17(12)23-18(13)15/h6-9,23H,2-5,21H2,1H3,(H,22,24). The highest BCUT2D eigenvalue weighted by Gasteiger charge is 2.14. The van der Waals surface area contributed by atoms with Gasteiger partial charge in [0.05, 0.1) is 22.4 Å². The first kappa shape index (κ1) is 16.9. The molecule has 1 aromatic heterocycles. The molecule has 0 spiro atoms. The molecule has 0 bridgehead atoms. The fourth-order valence-corrected chi connectivity index (χ4v) is 3.35. The quantitative estimate of drug-likeness (QED) is 0.400. The van der Waals surface area contributed by atoms with Crippen molar-refractivity contribution in [3.05, 3.63) is 34.3 Å². The second kappa shape index (κ2) is 6.91. The van der Waals surface area contributed by atoms with Gasteiger partial charge in [0.25, 0.3) is 0 Å². The molecule has 0 aliphatic rings. The zero-order valence-electron chi connectivity index (χ0n) is 13.4. The second-order valence-electron chi connectivity index (χ2n) is 5.92. The smallest absolute Gasteiger partial charge is 0.224 e. The molecule has 0 aliphatic heterocycles. The van der Waals surface area contributed by atoms with Gasteiger partial charge >= 0.3 is 0 Å². The molecule has 3 aromatic rings. The Morgan fingerprint density at radius 2 is 1.75 bits per heavy atom. The third kappa shape index (κ3) is 3.30. The molecule has 126 valence electrons. The number of unbranched alkanes of at least 4 members (excludes halogenated alkanes) is 2. The number of nitrogens with two attached hydrogens (primary N) is 1. The van der Waals surface area contributed by atoms with E-state index in [-0.39, 0.29) is 5.91 Å². The maximum Gasteiger partial charge on any atom is 0.224 e. The van der Waals surface area contributed by atoms with E-state index >= 15 is 0 Å². The van der Waals surface area contributed by atoms with Gasteiger partial charge in [0.1, 0.15) is 0 Å². The Kier molecular flexibility index (Phi) is 4.88. The lowest BCUT2D eigenvalue weighted by Crippen LogP contribution is -2.11. The highest BCUT2D eigenvalue weighted by molar-refractivity contribution is 6.34. The molecule has 3 rings (SSSR count). The van der Waals surface area contributed by atoms with Crippen molar-refractivity contribution in [2.75, 3.05) is 11.1 Å². The van der Waals surface area contributed by atoms with Gasteiger partial charge in [-0.05, 0) is 30.7 Å². The number of rotatable bonds is 5. The number of carbonyl (C=O) groups is 1. The lowest BCUT2D eigenvalue weighted by atomic mass is 10.1. The summed E-state index contributed by atoms with van der Waals surface area (Å²) < 4.78 is 0. The Bertz CT molecular complexity index is 918. The Labute approximate surface area is 150 Å². The van der Waals surface area contributed by atoms with Gasteiger partial charge in [-0.1, -0.05) is 43.0 Å². The first-order valence-electron chi connectivity index (χ1n) is 7.99. The van der Waals surface area contributed by atoms with Gasteiger partial charge in [-0.3, -0.25) is 4.79 Å². The van der Waals surface area contributed by atoms with E-state index in [1.165, 1.54) is 0 Å². The number of aromatic nitrogens is 1. The van der Waals surface area contributed by atoms with Gasteiger partial charge in [-0.25, -0.2) is 0 Å². The fraction of sp³-hybridized carbons (Fsp3) is 0.278. The van der Waals surface area contributed by atoms with Crippen LogP contribution in [-0.2, 0) is 4.79 Å². The van der Waals surface area contributed by atoms with Crippen molar-refractivity contribution < 1.29 is 4.79 Å². The number of amides is 1. The molecule has 0 radical (unpaired) electrons. The number of anilines is 2. The predicted molar refractivity (Wildman–Crippen MR) is 103 cm³/mol. The molecule has 0 aliphatic carbocycles. The van der Waals surface area contributed by atoms with Gasteiger partial charge in [-0.2, -0.15) is 0 Å². The third-order valence-electron chi connectivity index (χ3n) is 4.06. The van der Waals surface area contributed by atoms with E-state index < -0.39 is 0 Å². The van der Waals surface area contributed by atoms with Gasteiger partial charge in [-0.15, -0.1) is 0 Å². The molecular formula is C18H19Cl2N3O. The first-order chi connectivity index (χ1) is 11.5. The number of aromatic amines is 1. The molecule has 1 amide bonds. The normalized spacial score (nSPS) is 11.3. The summed E-state index contributed by atoms with van der Waals surface area (Å²) in [6.07, 6.45) is 3.49. The van der Waals surface area contributed by atoms with Crippen molar-refractivity contribution >= 4 is 62.3 Å². The summed E-state index contributed by atoms with van der Waals surface area (Å²) >= 11 is 12.4. The monoisotopic (exact) mass is 363 g/mol.